The molecule has 25 heavy (non-hydrogen) atoms. The number of nitroso groups, excluding NO2 is 1. The average Bonchev–Trinajstić information content (AvgIpc) is 2.59. The number of hydrogen-bond acceptors (Lipinski definition) is 6. The molecule has 0 saturated heterocycles. The minimum atomic E-state index is -0.125. The summed E-state index contributed by atoms with van der Waals surface area (Å²) in [7, 11) is 0. The highest BCUT2D eigenvalue weighted by atomic mass is 32.2. The second kappa shape index (κ2) is 14.8. The van der Waals surface area contributed by atoms with Crippen molar-refractivity contribution in [3.8, 4) is 0 Å². The van der Waals surface area contributed by atoms with Crippen molar-refractivity contribution >= 4 is 29.4 Å². The third-order valence-corrected chi connectivity index (χ3v) is 3.77. The molecule has 142 valence electrons. The molecule has 0 aliphatic heterocycles. The first-order valence-corrected chi connectivity index (χ1v) is 10.0. The van der Waals surface area contributed by atoms with E-state index in [0.717, 1.165) is 38.0 Å². The number of benzene rings is 1. The molecule has 0 spiro atoms. The highest BCUT2D eigenvalue weighted by Crippen LogP contribution is 2.20. The van der Waals surface area contributed by atoms with Gasteiger partial charge in [-0.1, -0.05) is 27.7 Å². The van der Waals surface area contributed by atoms with E-state index in [1.54, 1.807) is 18.4 Å². The summed E-state index contributed by atoms with van der Waals surface area (Å²) >= 11 is 1.10. The Labute approximate surface area is 156 Å². The highest BCUT2D eigenvalue weighted by Gasteiger charge is 2.06. The smallest absolute Gasteiger partial charge is 0.317 e. The van der Waals surface area contributed by atoms with Gasteiger partial charge in [0, 0.05) is 31.5 Å². The Bertz CT molecular complexity index is 470. The summed E-state index contributed by atoms with van der Waals surface area (Å²) in [6, 6.07) is 7.51. The SMILES string of the molecule is CCCC(=O)OSC.CCCN(CCC(C)C)c1ccc(N=O)cc1. The largest absolute Gasteiger partial charge is 0.392 e. The normalized spacial score (nSPS) is 10.0. The van der Waals surface area contributed by atoms with Crippen molar-refractivity contribution in [2.45, 2.75) is 53.4 Å². The number of hydrogen-bond donors (Lipinski definition) is 0. The van der Waals surface area contributed by atoms with Gasteiger partial charge >= 0.3 is 5.97 Å². The van der Waals surface area contributed by atoms with Crippen molar-refractivity contribution in [2.75, 3.05) is 24.2 Å². The Kier molecular flexibility index (Phi) is 13.8. The zero-order valence-corrected chi connectivity index (χ0v) is 17.0. The molecule has 0 saturated carbocycles. The zero-order chi connectivity index (χ0) is 19.1. The molecule has 1 rings (SSSR count). The maximum atomic E-state index is 10.4. The monoisotopic (exact) mass is 368 g/mol. The van der Waals surface area contributed by atoms with E-state index in [9.17, 15) is 9.70 Å². The molecular weight excluding hydrogens is 336 g/mol. The fourth-order valence-corrected chi connectivity index (χ4v) is 2.39. The highest BCUT2D eigenvalue weighted by molar-refractivity contribution is 7.94. The van der Waals surface area contributed by atoms with Gasteiger partial charge in [0.05, 0.1) is 12.0 Å². The molecule has 0 heterocycles. The molecule has 6 heteroatoms. The fraction of sp³-hybridized carbons (Fsp3) is 0.632. The molecule has 0 radical (unpaired) electrons. The minimum absolute atomic E-state index is 0.125. The maximum absolute atomic E-state index is 10.4. The lowest BCUT2D eigenvalue weighted by atomic mass is 10.1. The molecule has 1 aromatic rings. The van der Waals surface area contributed by atoms with Gasteiger partial charge in [0.2, 0.25) is 0 Å². The molecule has 0 aromatic heterocycles. The van der Waals surface area contributed by atoms with Crippen molar-refractivity contribution in [3.63, 3.8) is 0 Å². The van der Waals surface area contributed by atoms with Gasteiger partial charge in [-0.15, -0.1) is 4.91 Å². The van der Waals surface area contributed by atoms with E-state index in [1.807, 2.05) is 19.1 Å². The van der Waals surface area contributed by atoms with Gasteiger partial charge in [0.1, 0.15) is 5.69 Å². The fourth-order valence-electron chi connectivity index (χ4n) is 2.12. The van der Waals surface area contributed by atoms with Gasteiger partial charge in [0.25, 0.3) is 0 Å². The van der Waals surface area contributed by atoms with Gasteiger partial charge in [0.15, 0.2) is 0 Å². The lowest BCUT2D eigenvalue weighted by molar-refractivity contribution is -0.133. The summed E-state index contributed by atoms with van der Waals surface area (Å²) in [4.78, 5) is 23.1. The lowest BCUT2D eigenvalue weighted by Crippen LogP contribution is -2.26. The van der Waals surface area contributed by atoms with Crippen LogP contribution in [-0.4, -0.2) is 25.3 Å². The summed E-state index contributed by atoms with van der Waals surface area (Å²) in [5.74, 6) is 0.588. The number of rotatable bonds is 10. The molecule has 5 nitrogen and oxygen atoms in total. The summed E-state index contributed by atoms with van der Waals surface area (Å²) in [6.45, 7) is 10.7. The predicted octanol–water partition coefficient (Wildman–Crippen LogP) is 5.95. The molecule has 0 N–H and O–H groups in total. The van der Waals surface area contributed by atoms with Gasteiger partial charge in [-0.25, -0.2) is 0 Å². The average molecular weight is 369 g/mol. The summed E-state index contributed by atoms with van der Waals surface area (Å²) in [6.07, 6.45) is 5.44. The number of anilines is 1. The first-order chi connectivity index (χ1) is 12.0. The first kappa shape index (κ1) is 23.4. The quantitative estimate of drug-likeness (QED) is 0.377. The van der Waals surface area contributed by atoms with Crippen molar-refractivity contribution in [2.24, 2.45) is 11.1 Å². The number of carbonyl (C=O) groups is 1. The van der Waals surface area contributed by atoms with Crippen LogP contribution < -0.4 is 4.90 Å². The molecule has 0 aliphatic carbocycles. The van der Waals surface area contributed by atoms with Crippen molar-refractivity contribution in [1.82, 2.24) is 0 Å². The van der Waals surface area contributed by atoms with Crippen molar-refractivity contribution in [1.29, 1.82) is 0 Å². The Morgan fingerprint density at radius 3 is 2.24 bits per heavy atom. The standard InChI is InChI=1S/C14H22N2O.C5H10O2S/c1-4-10-16(11-9-12(2)3)14-7-5-13(15-17)6-8-14;1-3-4-5(6)7-8-2/h5-8,12H,4,9-11H2,1-3H3;3-4H2,1-2H3. The third-order valence-electron chi connectivity index (χ3n) is 3.42. The van der Waals surface area contributed by atoms with Crippen LogP contribution in [0, 0.1) is 10.8 Å². The summed E-state index contributed by atoms with van der Waals surface area (Å²) < 4.78 is 4.56. The Hall–Kier alpha value is -1.56. The second-order valence-electron chi connectivity index (χ2n) is 6.15. The molecule has 0 fully saturated rings. The van der Waals surface area contributed by atoms with Crippen LogP contribution in [0.5, 0.6) is 0 Å². The van der Waals surface area contributed by atoms with E-state index in [0.29, 0.717) is 18.0 Å². The third kappa shape index (κ3) is 11.6. The summed E-state index contributed by atoms with van der Waals surface area (Å²) in [5.41, 5.74) is 1.67. The molecule has 0 unspecified atom stereocenters. The topological polar surface area (TPSA) is 59.0 Å². The van der Waals surface area contributed by atoms with Crippen LogP contribution in [0.2, 0.25) is 0 Å². The van der Waals surface area contributed by atoms with Crippen LogP contribution in [0.25, 0.3) is 0 Å². The van der Waals surface area contributed by atoms with E-state index in [2.05, 4.69) is 35.0 Å². The van der Waals surface area contributed by atoms with Crippen molar-refractivity contribution < 1.29 is 8.98 Å². The van der Waals surface area contributed by atoms with Gasteiger partial charge in [-0.05, 0) is 54.6 Å². The van der Waals surface area contributed by atoms with Crippen LogP contribution in [-0.2, 0) is 8.98 Å². The van der Waals surface area contributed by atoms with E-state index in [1.165, 1.54) is 12.1 Å². The Balaban J connectivity index is 0.000000609. The zero-order valence-electron chi connectivity index (χ0n) is 16.2. The molecule has 0 amide bonds. The van der Waals surface area contributed by atoms with E-state index in [-0.39, 0.29) is 5.97 Å². The Morgan fingerprint density at radius 1 is 1.16 bits per heavy atom. The predicted molar refractivity (Wildman–Crippen MR) is 108 cm³/mol. The lowest BCUT2D eigenvalue weighted by Gasteiger charge is -2.25. The Morgan fingerprint density at radius 2 is 1.80 bits per heavy atom. The van der Waals surface area contributed by atoms with E-state index < -0.39 is 0 Å². The first-order valence-electron chi connectivity index (χ1n) is 8.90. The van der Waals surface area contributed by atoms with E-state index >= 15 is 0 Å². The number of carbonyl (C=O) groups excluding carboxylic acids is 1. The van der Waals surface area contributed by atoms with Crippen LogP contribution in [0.1, 0.15) is 53.4 Å². The molecule has 0 aliphatic rings. The second-order valence-corrected chi connectivity index (χ2v) is 6.65. The number of nitrogens with zero attached hydrogens (tertiary/aromatic N) is 2. The van der Waals surface area contributed by atoms with Crippen molar-refractivity contribution in [3.05, 3.63) is 29.2 Å². The van der Waals surface area contributed by atoms with Crippen LogP contribution >= 0.6 is 12.0 Å². The van der Waals surface area contributed by atoms with Gasteiger partial charge < -0.3 is 9.08 Å². The molecule has 1 aromatic carbocycles. The molecular formula is C19H32N2O3S. The van der Waals surface area contributed by atoms with E-state index in [4.69, 9.17) is 0 Å². The summed E-state index contributed by atoms with van der Waals surface area (Å²) in [5, 5.41) is 2.92. The molecule has 0 bridgehead atoms. The van der Waals surface area contributed by atoms with Gasteiger partial charge in [-0.2, -0.15) is 0 Å². The van der Waals surface area contributed by atoms with Gasteiger partial charge in [-0.3, -0.25) is 4.79 Å². The van der Waals surface area contributed by atoms with Crippen LogP contribution in [0.3, 0.4) is 0 Å². The molecule has 0 atom stereocenters. The van der Waals surface area contributed by atoms with Crippen LogP contribution in [0.4, 0.5) is 11.4 Å². The minimum Gasteiger partial charge on any atom is -0.392 e. The maximum Gasteiger partial charge on any atom is 0.317 e. The van der Waals surface area contributed by atoms with Crippen LogP contribution in [0.15, 0.2) is 29.4 Å².